The summed E-state index contributed by atoms with van der Waals surface area (Å²) in [7, 11) is 0. The van der Waals surface area contributed by atoms with Crippen molar-refractivity contribution in [3.8, 4) is 0 Å². The van der Waals surface area contributed by atoms with E-state index in [1.807, 2.05) is 20.8 Å². The molecule has 0 radical (unpaired) electrons. The number of benzene rings is 1. The van der Waals surface area contributed by atoms with Crippen LogP contribution in [0.2, 0.25) is 0 Å². The number of nitrogens with zero attached hydrogens (tertiary/aromatic N) is 1. The summed E-state index contributed by atoms with van der Waals surface area (Å²) in [6, 6.07) is 8.40. The molecular formula is C19H22N4O2S. The molecule has 26 heavy (non-hydrogen) atoms. The van der Waals surface area contributed by atoms with Crippen LogP contribution in [0.25, 0.3) is 10.1 Å². The molecule has 0 saturated carbocycles. The molecule has 1 aliphatic heterocycles. The van der Waals surface area contributed by atoms with Gasteiger partial charge in [0.2, 0.25) is 5.95 Å². The first-order valence-electron chi connectivity index (χ1n) is 8.69. The lowest BCUT2D eigenvalue weighted by atomic mass is 9.97. The number of ether oxygens (including phenoxy) is 1. The molecule has 1 unspecified atom stereocenters. The second-order valence-electron chi connectivity index (χ2n) is 7.40. The van der Waals surface area contributed by atoms with Gasteiger partial charge in [-0.3, -0.25) is 5.32 Å². The van der Waals surface area contributed by atoms with E-state index in [9.17, 15) is 4.79 Å². The third-order valence-corrected chi connectivity index (χ3v) is 5.23. The van der Waals surface area contributed by atoms with Crippen LogP contribution in [0.15, 0.2) is 29.6 Å². The molecule has 3 N–H and O–H groups in total. The molecule has 136 valence electrons. The second-order valence-corrected chi connectivity index (χ2v) is 8.31. The molecule has 0 saturated heterocycles. The third kappa shape index (κ3) is 3.32. The average Bonchev–Trinajstić information content (AvgIpc) is 3.15. The van der Waals surface area contributed by atoms with E-state index < -0.39 is 11.7 Å². The Morgan fingerprint density at radius 1 is 1.35 bits per heavy atom. The van der Waals surface area contributed by atoms with Gasteiger partial charge in [0.1, 0.15) is 5.60 Å². The monoisotopic (exact) mass is 370 g/mol. The van der Waals surface area contributed by atoms with Gasteiger partial charge in [-0.15, -0.1) is 11.3 Å². The van der Waals surface area contributed by atoms with Crippen LogP contribution in [0.1, 0.15) is 43.8 Å². The molecule has 3 aromatic rings. The Balaban J connectivity index is 1.63. The van der Waals surface area contributed by atoms with Crippen LogP contribution in [0, 0.1) is 0 Å². The van der Waals surface area contributed by atoms with Gasteiger partial charge in [-0.25, -0.2) is 9.78 Å². The van der Waals surface area contributed by atoms with Crippen molar-refractivity contribution >= 4 is 33.5 Å². The molecule has 4 rings (SSSR count). The number of fused-ring (bicyclic) bond motifs is 2. The van der Waals surface area contributed by atoms with Crippen molar-refractivity contribution < 1.29 is 9.53 Å². The number of nitrogens with one attached hydrogen (secondary N) is 3. The van der Waals surface area contributed by atoms with Gasteiger partial charge < -0.3 is 15.0 Å². The Morgan fingerprint density at radius 2 is 2.15 bits per heavy atom. The van der Waals surface area contributed by atoms with Gasteiger partial charge in [0.25, 0.3) is 0 Å². The Bertz CT molecular complexity index is 954. The molecule has 2 aromatic heterocycles. The molecule has 3 heterocycles. The summed E-state index contributed by atoms with van der Waals surface area (Å²) in [6.45, 7) is 6.36. The van der Waals surface area contributed by atoms with Crippen LogP contribution < -0.4 is 10.6 Å². The zero-order chi connectivity index (χ0) is 18.3. The number of anilines is 1. The molecule has 0 bridgehead atoms. The number of carbonyl (C=O) groups is 1. The predicted molar refractivity (Wildman–Crippen MR) is 104 cm³/mol. The maximum absolute atomic E-state index is 12.0. The standard InChI is InChI=1S/C19H22N4O2S/c1-19(2,3)25-18(24)23-17-21-13-8-9-20-15(16(13)22-17)12-10-26-14-7-5-4-6-11(12)14/h4-7,10,15,20H,8-9H2,1-3H3,(H2,21,22,23,24). The Kier molecular flexibility index (Phi) is 4.20. The smallest absolute Gasteiger partial charge is 0.414 e. The normalized spacial score (nSPS) is 17.1. The molecule has 0 aliphatic carbocycles. The van der Waals surface area contributed by atoms with Crippen molar-refractivity contribution in [1.82, 2.24) is 15.3 Å². The number of imidazole rings is 1. The van der Waals surface area contributed by atoms with Gasteiger partial charge in [0.15, 0.2) is 0 Å². The largest absolute Gasteiger partial charge is 0.444 e. The maximum Gasteiger partial charge on any atom is 0.414 e. The third-order valence-electron chi connectivity index (χ3n) is 4.25. The predicted octanol–water partition coefficient (Wildman–Crippen LogP) is 4.21. The van der Waals surface area contributed by atoms with E-state index in [0.717, 1.165) is 24.4 Å². The molecule has 1 aromatic carbocycles. The number of H-pyrrole nitrogens is 1. The van der Waals surface area contributed by atoms with E-state index >= 15 is 0 Å². The summed E-state index contributed by atoms with van der Waals surface area (Å²) in [5.41, 5.74) is 2.67. The molecule has 1 amide bonds. The highest BCUT2D eigenvalue weighted by Crippen LogP contribution is 2.36. The summed E-state index contributed by atoms with van der Waals surface area (Å²) in [5, 5.41) is 9.69. The van der Waals surface area contributed by atoms with Crippen molar-refractivity contribution in [3.63, 3.8) is 0 Å². The summed E-state index contributed by atoms with van der Waals surface area (Å²) in [5.74, 6) is 0.428. The van der Waals surface area contributed by atoms with E-state index in [4.69, 9.17) is 4.74 Å². The highest BCUT2D eigenvalue weighted by molar-refractivity contribution is 7.17. The van der Waals surface area contributed by atoms with Crippen molar-refractivity contribution in [2.75, 3.05) is 11.9 Å². The number of hydrogen-bond acceptors (Lipinski definition) is 5. The summed E-state index contributed by atoms with van der Waals surface area (Å²) in [4.78, 5) is 19.9. The lowest BCUT2D eigenvalue weighted by Crippen LogP contribution is -2.30. The van der Waals surface area contributed by atoms with E-state index in [1.54, 1.807) is 11.3 Å². The topological polar surface area (TPSA) is 79.0 Å². The van der Waals surface area contributed by atoms with Gasteiger partial charge in [0, 0.05) is 23.4 Å². The number of rotatable bonds is 2. The first kappa shape index (κ1) is 17.1. The molecule has 6 nitrogen and oxygen atoms in total. The zero-order valence-electron chi connectivity index (χ0n) is 15.1. The maximum atomic E-state index is 12.0. The zero-order valence-corrected chi connectivity index (χ0v) is 15.9. The average molecular weight is 370 g/mol. The number of thiophene rings is 1. The Hall–Kier alpha value is -2.38. The van der Waals surface area contributed by atoms with Crippen molar-refractivity contribution in [3.05, 3.63) is 46.6 Å². The minimum Gasteiger partial charge on any atom is -0.444 e. The quantitative estimate of drug-likeness (QED) is 0.631. The van der Waals surface area contributed by atoms with Gasteiger partial charge in [-0.2, -0.15) is 0 Å². The van der Waals surface area contributed by atoms with Gasteiger partial charge >= 0.3 is 6.09 Å². The molecule has 7 heteroatoms. The van der Waals surface area contributed by atoms with Crippen LogP contribution in [0.3, 0.4) is 0 Å². The highest BCUT2D eigenvalue weighted by atomic mass is 32.1. The van der Waals surface area contributed by atoms with E-state index in [0.29, 0.717) is 5.95 Å². The number of amides is 1. The first-order valence-corrected chi connectivity index (χ1v) is 9.57. The fourth-order valence-electron chi connectivity index (χ4n) is 3.23. The number of carbonyl (C=O) groups excluding carboxylic acids is 1. The lowest BCUT2D eigenvalue weighted by Gasteiger charge is -2.22. The summed E-state index contributed by atoms with van der Waals surface area (Å²) >= 11 is 1.74. The fraction of sp³-hybridized carbons (Fsp3) is 0.368. The van der Waals surface area contributed by atoms with Crippen LogP contribution in [0.4, 0.5) is 10.7 Å². The van der Waals surface area contributed by atoms with Crippen molar-refractivity contribution in [2.24, 2.45) is 0 Å². The van der Waals surface area contributed by atoms with Crippen LogP contribution in [-0.2, 0) is 11.2 Å². The highest BCUT2D eigenvalue weighted by Gasteiger charge is 2.28. The number of aromatic amines is 1. The van der Waals surface area contributed by atoms with Gasteiger partial charge in [-0.1, -0.05) is 18.2 Å². The van der Waals surface area contributed by atoms with Gasteiger partial charge in [0.05, 0.1) is 11.7 Å². The number of aromatic nitrogens is 2. The Labute approximate surface area is 156 Å². The van der Waals surface area contributed by atoms with Crippen molar-refractivity contribution in [1.29, 1.82) is 0 Å². The minimum atomic E-state index is -0.546. The summed E-state index contributed by atoms with van der Waals surface area (Å²) < 4.78 is 6.57. The molecule has 0 fully saturated rings. The second kappa shape index (κ2) is 6.41. The Morgan fingerprint density at radius 3 is 2.96 bits per heavy atom. The van der Waals surface area contributed by atoms with E-state index in [1.165, 1.54) is 15.6 Å². The molecule has 0 spiro atoms. The fourth-order valence-corrected chi connectivity index (χ4v) is 4.22. The first-order chi connectivity index (χ1) is 12.4. The molecule has 1 aliphatic rings. The van der Waals surface area contributed by atoms with Gasteiger partial charge in [-0.05, 0) is 43.2 Å². The molecular weight excluding hydrogens is 348 g/mol. The van der Waals surface area contributed by atoms with Crippen molar-refractivity contribution in [2.45, 2.75) is 38.8 Å². The molecule has 1 atom stereocenters. The lowest BCUT2D eigenvalue weighted by molar-refractivity contribution is 0.0635. The number of hydrogen-bond donors (Lipinski definition) is 3. The van der Waals surface area contributed by atoms with Crippen LogP contribution in [0.5, 0.6) is 0 Å². The van der Waals surface area contributed by atoms with Crippen LogP contribution in [-0.4, -0.2) is 28.2 Å². The minimum absolute atomic E-state index is 0.0142. The van der Waals surface area contributed by atoms with Crippen LogP contribution >= 0.6 is 11.3 Å². The SMILES string of the molecule is CC(C)(C)OC(=O)Nc1nc2c([nH]1)CCNC2c1csc2ccccc12. The van der Waals surface area contributed by atoms with E-state index in [2.05, 4.69) is 50.2 Å². The van der Waals surface area contributed by atoms with E-state index in [-0.39, 0.29) is 6.04 Å². The summed E-state index contributed by atoms with van der Waals surface area (Å²) in [6.07, 6.45) is 0.339.